The first-order valence-electron chi connectivity index (χ1n) is 6.92. The van der Waals surface area contributed by atoms with Gasteiger partial charge in [-0.3, -0.25) is 0 Å². The van der Waals surface area contributed by atoms with Crippen molar-refractivity contribution in [1.82, 2.24) is 0 Å². The number of benzene rings is 1. The van der Waals surface area contributed by atoms with Crippen molar-refractivity contribution in [2.75, 3.05) is 24.6 Å². The summed E-state index contributed by atoms with van der Waals surface area (Å²) in [6, 6.07) is 4.44. The van der Waals surface area contributed by atoms with Gasteiger partial charge in [0, 0.05) is 19.7 Å². The Hall–Kier alpha value is -1.67. The molecule has 0 saturated carbocycles. The predicted molar refractivity (Wildman–Crippen MR) is 72.6 cm³/mol. The van der Waals surface area contributed by atoms with Gasteiger partial charge in [-0.1, -0.05) is 6.92 Å². The molecule has 1 heterocycles. The van der Waals surface area contributed by atoms with Gasteiger partial charge in [-0.25, -0.2) is 8.78 Å². The number of hydrogen-bond donors (Lipinski definition) is 0. The molecule has 1 fully saturated rings. The molecule has 0 spiro atoms. The van der Waals surface area contributed by atoms with Crippen LogP contribution in [-0.2, 0) is 4.74 Å². The lowest BCUT2D eigenvalue weighted by Gasteiger charge is -2.34. The van der Waals surface area contributed by atoms with Gasteiger partial charge in [0.1, 0.15) is 6.07 Å². The molecule has 0 N–H and O–H groups in total. The zero-order valence-corrected chi connectivity index (χ0v) is 11.5. The summed E-state index contributed by atoms with van der Waals surface area (Å²) in [6.45, 7) is 3.95. The van der Waals surface area contributed by atoms with Crippen molar-refractivity contribution in [3.05, 3.63) is 29.3 Å². The third kappa shape index (κ3) is 3.07. The lowest BCUT2D eigenvalue weighted by Crippen LogP contribution is -2.40. The molecule has 0 amide bonds. The maximum Gasteiger partial charge on any atom is 0.183 e. The second-order valence-corrected chi connectivity index (χ2v) is 4.95. The van der Waals surface area contributed by atoms with Crippen molar-refractivity contribution in [2.45, 2.75) is 32.3 Å². The largest absolute Gasteiger partial charge is 0.376 e. The minimum absolute atomic E-state index is 0.0572. The Morgan fingerprint density at radius 1 is 1.40 bits per heavy atom. The fourth-order valence-electron chi connectivity index (χ4n) is 2.45. The summed E-state index contributed by atoms with van der Waals surface area (Å²) in [6.07, 6.45) is 2.82. The number of halogens is 2. The second kappa shape index (κ2) is 6.67. The quantitative estimate of drug-likeness (QED) is 0.849. The minimum Gasteiger partial charge on any atom is -0.376 e. The van der Waals surface area contributed by atoms with Crippen LogP contribution in [0.3, 0.4) is 0 Å². The molecule has 2 rings (SSSR count). The molecule has 0 bridgehead atoms. The molecule has 1 saturated heterocycles. The van der Waals surface area contributed by atoms with Crippen LogP contribution in [0.4, 0.5) is 14.5 Å². The molecule has 5 heteroatoms. The Kier molecular flexibility index (Phi) is 4.91. The smallest absolute Gasteiger partial charge is 0.183 e. The number of rotatable bonds is 4. The van der Waals surface area contributed by atoms with Gasteiger partial charge in [0.05, 0.1) is 17.4 Å². The van der Waals surface area contributed by atoms with Crippen molar-refractivity contribution < 1.29 is 13.5 Å². The van der Waals surface area contributed by atoms with Crippen LogP contribution in [-0.4, -0.2) is 25.8 Å². The molecular formula is C15H18F2N2O. The summed E-state index contributed by atoms with van der Waals surface area (Å²) < 4.78 is 33.4. The maximum atomic E-state index is 14.0. The first-order chi connectivity index (χ1) is 9.67. The molecular weight excluding hydrogens is 262 g/mol. The molecule has 1 aromatic rings. The van der Waals surface area contributed by atoms with Crippen molar-refractivity contribution in [1.29, 1.82) is 5.26 Å². The lowest BCUT2D eigenvalue weighted by atomic mass is 10.1. The maximum absolute atomic E-state index is 14.0. The Labute approximate surface area is 117 Å². The fraction of sp³-hybridized carbons (Fsp3) is 0.533. The molecule has 0 radical (unpaired) electrons. The number of hydrogen-bond acceptors (Lipinski definition) is 3. The van der Waals surface area contributed by atoms with Crippen molar-refractivity contribution in [3.8, 4) is 6.07 Å². The van der Waals surface area contributed by atoms with Crippen LogP contribution in [0.2, 0.25) is 0 Å². The number of anilines is 1. The second-order valence-electron chi connectivity index (χ2n) is 4.95. The summed E-state index contributed by atoms with van der Waals surface area (Å²) in [7, 11) is 0. The van der Waals surface area contributed by atoms with Crippen LogP contribution in [0, 0.1) is 23.0 Å². The van der Waals surface area contributed by atoms with E-state index in [0.29, 0.717) is 19.7 Å². The molecule has 0 aliphatic carbocycles. The Morgan fingerprint density at radius 2 is 2.20 bits per heavy atom. The first kappa shape index (κ1) is 14.7. The SMILES string of the molecule is CCCOC1CCCN(c2ccc(C#N)c(F)c2F)C1. The van der Waals surface area contributed by atoms with Gasteiger partial charge in [-0.15, -0.1) is 0 Å². The zero-order valence-electron chi connectivity index (χ0n) is 11.5. The van der Waals surface area contributed by atoms with Gasteiger partial charge < -0.3 is 9.64 Å². The summed E-state index contributed by atoms with van der Waals surface area (Å²) in [5, 5.41) is 8.69. The van der Waals surface area contributed by atoms with Crippen LogP contribution in [0.15, 0.2) is 12.1 Å². The molecule has 20 heavy (non-hydrogen) atoms. The van der Waals surface area contributed by atoms with E-state index >= 15 is 0 Å². The van der Waals surface area contributed by atoms with E-state index in [1.165, 1.54) is 12.1 Å². The monoisotopic (exact) mass is 280 g/mol. The standard InChI is InChI=1S/C15H18F2N2O/c1-2-8-20-12-4-3-7-19(10-12)13-6-5-11(9-18)14(16)15(13)17/h5-6,12H,2-4,7-8,10H2,1H3. The molecule has 108 valence electrons. The normalized spacial score (nSPS) is 18.9. The van der Waals surface area contributed by atoms with Crippen LogP contribution in [0.5, 0.6) is 0 Å². The van der Waals surface area contributed by atoms with Crippen LogP contribution >= 0.6 is 0 Å². The van der Waals surface area contributed by atoms with Crippen molar-refractivity contribution in [2.24, 2.45) is 0 Å². The lowest BCUT2D eigenvalue weighted by molar-refractivity contribution is 0.0439. The molecule has 0 aromatic heterocycles. The predicted octanol–water partition coefficient (Wildman–Crippen LogP) is 3.23. The molecule has 1 unspecified atom stereocenters. The Morgan fingerprint density at radius 3 is 2.90 bits per heavy atom. The number of nitrogens with zero attached hydrogens (tertiary/aromatic N) is 2. The van der Waals surface area contributed by atoms with Gasteiger partial charge >= 0.3 is 0 Å². The number of ether oxygens (including phenoxy) is 1. The average Bonchev–Trinajstić information content (AvgIpc) is 2.48. The van der Waals surface area contributed by atoms with E-state index in [4.69, 9.17) is 10.00 Å². The topological polar surface area (TPSA) is 36.3 Å². The van der Waals surface area contributed by atoms with Gasteiger partial charge in [-0.05, 0) is 31.4 Å². The van der Waals surface area contributed by atoms with Crippen molar-refractivity contribution in [3.63, 3.8) is 0 Å². The van der Waals surface area contributed by atoms with Crippen LogP contribution in [0.25, 0.3) is 0 Å². The molecule has 1 aromatic carbocycles. The average molecular weight is 280 g/mol. The minimum atomic E-state index is -1.07. The number of nitriles is 1. The van der Waals surface area contributed by atoms with Crippen LogP contribution < -0.4 is 4.90 Å². The van der Waals surface area contributed by atoms with Gasteiger partial charge in [0.25, 0.3) is 0 Å². The third-order valence-electron chi connectivity index (χ3n) is 3.46. The van der Waals surface area contributed by atoms with Gasteiger partial charge in [0.2, 0.25) is 0 Å². The highest BCUT2D eigenvalue weighted by atomic mass is 19.2. The van der Waals surface area contributed by atoms with E-state index in [0.717, 1.165) is 19.3 Å². The highest BCUT2D eigenvalue weighted by Gasteiger charge is 2.24. The van der Waals surface area contributed by atoms with Gasteiger partial charge in [0.15, 0.2) is 11.6 Å². The first-order valence-corrected chi connectivity index (χ1v) is 6.92. The molecule has 3 nitrogen and oxygen atoms in total. The summed E-state index contributed by atoms with van der Waals surface area (Å²) in [5.74, 6) is -2.01. The van der Waals surface area contributed by atoms with E-state index < -0.39 is 11.6 Å². The van der Waals surface area contributed by atoms with E-state index in [1.54, 1.807) is 11.0 Å². The highest BCUT2D eigenvalue weighted by molar-refractivity contribution is 5.52. The molecule has 1 atom stereocenters. The highest BCUT2D eigenvalue weighted by Crippen LogP contribution is 2.27. The van der Waals surface area contributed by atoms with E-state index in [9.17, 15) is 8.78 Å². The van der Waals surface area contributed by atoms with E-state index in [2.05, 4.69) is 0 Å². The Bertz CT molecular complexity index is 513. The van der Waals surface area contributed by atoms with E-state index in [1.807, 2.05) is 6.92 Å². The molecule has 1 aliphatic rings. The van der Waals surface area contributed by atoms with Crippen molar-refractivity contribution >= 4 is 5.69 Å². The zero-order chi connectivity index (χ0) is 14.5. The summed E-state index contributed by atoms with van der Waals surface area (Å²) >= 11 is 0. The fourth-order valence-corrected chi connectivity index (χ4v) is 2.45. The Balaban J connectivity index is 2.15. The summed E-state index contributed by atoms with van der Waals surface area (Å²) in [4.78, 5) is 1.80. The van der Waals surface area contributed by atoms with Gasteiger partial charge in [-0.2, -0.15) is 5.26 Å². The molecule has 1 aliphatic heterocycles. The van der Waals surface area contributed by atoms with E-state index in [-0.39, 0.29) is 17.4 Å². The van der Waals surface area contributed by atoms with Crippen LogP contribution in [0.1, 0.15) is 31.7 Å². The number of piperidine rings is 1. The summed E-state index contributed by atoms with van der Waals surface area (Å²) in [5.41, 5.74) is -0.0478. The third-order valence-corrected chi connectivity index (χ3v) is 3.46.